The number of nitrogens with zero attached hydrogens (tertiary/aromatic N) is 1. The van der Waals surface area contributed by atoms with Crippen LogP contribution in [-0.4, -0.2) is 17.6 Å². The van der Waals surface area contributed by atoms with Crippen molar-refractivity contribution >= 4 is 17.8 Å². The first-order chi connectivity index (χ1) is 5.34. The van der Waals surface area contributed by atoms with Gasteiger partial charge in [-0.15, -0.1) is 0 Å². The predicted octanol–water partition coefficient (Wildman–Crippen LogP) is 1.98. The average molecular weight is 169 g/mol. The van der Waals surface area contributed by atoms with Crippen molar-refractivity contribution < 1.29 is 4.79 Å². The van der Waals surface area contributed by atoms with Gasteiger partial charge in [-0.2, -0.15) is 16.8 Å². The van der Waals surface area contributed by atoms with Gasteiger partial charge in [0.25, 0.3) is 0 Å². The molecule has 1 aliphatic heterocycles. The van der Waals surface area contributed by atoms with Crippen molar-refractivity contribution in [3.63, 3.8) is 0 Å². The quantitative estimate of drug-likeness (QED) is 0.467. The van der Waals surface area contributed by atoms with E-state index in [1.54, 1.807) is 0 Å². The number of rotatable bonds is 2. The van der Waals surface area contributed by atoms with Gasteiger partial charge >= 0.3 is 0 Å². The Labute approximate surface area is 70.8 Å². The smallest absolute Gasteiger partial charge is 0.211 e. The monoisotopic (exact) mass is 169 g/mol. The van der Waals surface area contributed by atoms with Crippen LogP contribution >= 0.6 is 11.8 Å². The summed E-state index contributed by atoms with van der Waals surface area (Å²) in [6.45, 7) is 3.73. The van der Waals surface area contributed by atoms with Gasteiger partial charge in [0.2, 0.25) is 6.08 Å². The summed E-state index contributed by atoms with van der Waals surface area (Å²) in [5.41, 5.74) is 0.701. The number of isocyanates is 1. The molecule has 0 amide bonds. The zero-order chi connectivity index (χ0) is 8.10. The SMILES string of the molecule is C=C(N=C=O)C1CCCSC1. The lowest BCUT2D eigenvalue weighted by Gasteiger charge is -2.19. The largest absolute Gasteiger partial charge is 0.240 e. The van der Waals surface area contributed by atoms with Gasteiger partial charge in [-0.25, -0.2) is 4.79 Å². The molecule has 1 aliphatic rings. The minimum atomic E-state index is 0.412. The van der Waals surface area contributed by atoms with Crippen LogP contribution in [0.4, 0.5) is 0 Å². The Kier molecular flexibility index (Phi) is 3.40. The Balaban J connectivity index is 2.44. The van der Waals surface area contributed by atoms with Gasteiger partial charge in [0.15, 0.2) is 0 Å². The molecule has 1 rings (SSSR count). The van der Waals surface area contributed by atoms with Crippen LogP contribution in [0.15, 0.2) is 17.3 Å². The summed E-state index contributed by atoms with van der Waals surface area (Å²) in [6, 6.07) is 0. The Bertz CT molecular complexity index is 190. The van der Waals surface area contributed by atoms with Crippen molar-refractivity contribution in [2.24, 2.45) is 10.9 Å². The average Bonchev–Trinajstić information content (AvgIpc) is 2.07. The van der Waals surface area contributed by atoms with Crippen LogP contribution in [0.25, 0.3) is 0 Å². The number of allylic oxidation sites excluding steroid dienone is 1. The Morgan fingerprint density at radius 3 is 3.09 bits per heavy atom. The molecule has 1 saturated heterocycles. The molecule has 0 saturated carbocycles. The maximum atomic E-state index is 9.90. The normalized spacial score (nSPS) is 23.8. The van der Waals surface area contributed by atoms with Gasteiger partial charge in [-0.05, 0) is 18.6 Å². The summed E-state index contributed by atoms with van der Waals surface area (Å²) in [7, 11) is 0. The molecule has 11 heavy (non-hydrogen) atoms. The second kappa shape index (κ2) is 4.37. The standard InChI is InChI=1S/C8H11NOS/c1-7(9-6-10)8-3-2-4-11-5-8/h8H,1-5H2. The highest BCUT2D eigenvalue weighted by Crippen LogP contribution is 2.27. The molecule has 0 aliphatic carbocycles. The highest BCUT2D eigenvalue weighted by molar-refractivity contribution is 7.99. The molecule has 3 heteroatoms. The first kappa shape index (κ1) is 8.57. The summed E-state index contributed by atoms with van der Waals surface area (Å²) >= 11 is 1.91. The summed E-state index contributed by atoms with van der Waals surface area (Å²) in [5, 5.41) is 0. The van der Waals surface area contributed by atoms with E-state index in [2.05, 4.69) is 11.6 Å². The van der Waals surface area contributed by atoms with E-state index in [0.29, 0.717) is 11.6 Å². The molecule has 1 heterocycles. The van der Waals surface area contributed by atoms with Crippen LogP contribution in [0, 0.1) is 5.92 Å². The van der Waals surface area contributed by atoms with Crippen molar-refractivity contribution in [3.05, 3.63) is 12.3 Å². The van der Waals surface area contributed by atoms with E-state index in [0.717, 1.165) is 12.2 Å². The molecule has 0 aromatic carbocycles. The fourth-order valence-corrected chi connectivity index (χ4v) is 2.33. The molecule has 0 aromatic rings. The minimum Gasteiger partial charge on any atom is -0.211 e. The fraction of sp³-hybridized carbons (Fsp3) is 0.625. The Hall–Kier alpha value is -0.530. The molecule has 60 valence electrons. The van der Waals surface area contributed by atoms with Crippen LogP contribution in [0.5, 0.6) is 0 Å². The lowest BCUT2D eigenvalue weighted by atomic mass is 10.0. The van der Waals surface area contributed by atoms with E-state index in [4.69, 9.17) is 0 Å². The molecule has 0 aromatic heterocycles. The second-order valence-electron chi connectivity index (χ2n) is 2.61. The second-order valence-corrected chi connectivity index (χ2v) is 3.76. The third kappa shape index (κ3) is 2.52. The third-order valence-corrected chi connectivity index (χ3v) is 3.04. The number of thioether (sulfide) groups is 1. The molecule has 0 radical (unpaired) electrons. The Morgan fingerprint density at radius 2 is 2.55 bits per heavy atom. The Morgan fingerprint density at radius 1 is 1.73 bits per heavy atom. The lowest BCUT2D eigenvalue weighted by molar-refractivity contribution is 0.557. The number of carbonyl (C=O) groups excluding carboxylic acids is 1. The molecule has 1 fully saturated rings. The van der Waals surface area contributed by atoms with Crippen LogP contribution in [0.2, 0.25) is 0 Å². The first-order valence-corrected chi connectivity index (χ1v) is 4.84. The van der Waals surface area contributed by atoms with Gasteiger partial charge in [-0.1, -0.05) is 6.58 Å². The van der Waals surface area contributed by atoms with E-state index in [1.807, 2.05) is 11.8 Å². The predicted molar refractivity (Wildman–Crippen MR) is 47.3 cm³/mol. The maximum Gasteiger partial charge on any atom is 0.240 e. The first-order valence-electron chi connectivity index (χ1n) is 3.69. The molecule has 0 N–H and O–H groups in total. The van der Waals surface area contributed by atoms with Crippen LogP contribution < -0.4 is 0 Å². The minimum absolute atomic E-state index is 0.412. The van der Waals surface area contributed by atoms with Crippen molar-refractivity contribution in [2.45, 2.75) is 12.8 Å². The topological polar surface area (TPSA) is 29.4 Å². The van der Waals surface area contributed by atoms with Gasteiger partial charge in [0.05, 0.1) is 5.70 Å². The number of aliphatic imine (C=N–C) groups is 1. The highest BCUT2D eigenvalue weighted by Gasteiger charge is 2.15. The van der Waals surface area contributed by atoms with Crippen LogP contribution in [0.3, 0.4) is 0 Å². The summed E-state index contributed by atoms with van der Waals surface area (Å²) < 4.78 is 0. The van der Waals surface area contributed by atoms with Crippen molar-refractivity contribution in [1.29, 1.82) is 0 Å². The van der Waals surface area contributed by atoms with Gasteiger partial charge < -0.3 is 0 Å². The van der Waals surface area contributed by atoms with E-state index in [1.165, 1.54) is 18.3 Å². The van der Waals surface area contributed by atoms with Gasteiger partial charge in [0, 0.05) is 11.7 Å². The molecule has 0 spiro atoms. The molecule has 1 atom stereocenters. The summed E-state index contributed by atoms with van der Waals surface area (Å²) in [5.74, 6) is 2.70. The van der Waals surface area contributed by atoms with Crippen molar-refractivity contribution in [1.82, 2.24) is 0 Å². The maximum absolute atomic E-state index is 9.90. The van der Waals surface area contributed by atoms with Gasteiger partial charge in [-0.3, -0.25) is 0 Å². The molecule has 2 nitrogen and oxygen atoms in total. The van der Waals surface area contributed by atoms with E-state index < -0.39 is 0 Å². The zero-order valence-electron chi connectivity index (χ0n) is 6.38. The third-order valence-electron chi connectivity index (χ3n) is 1.82. The molecule has 1 unspecified atom stereocenters. The van der Waals surface area contributed by atoms with Crippen molar-refractivity contribution in [3.8, 4) is 0 Å². The van der Waals surface area contributed by atoms with E-state index in [-0.39, 0.29) is 0 Å². The van der Waals surface area contributed by atoms with Crippen LogP contribution in [-0.2, 0) is 4.79 Å². The molecular weight excluding hydrogens is 158 g/mol. The fourth-order valence-electron chi connectivity index (χ4n) is 1.15. The summed E-state index contributed by atoms with van der Waals surface area (Å²) in [4.78, 5) is 13.4. The highest BCUT2D eigenvalue weighted by atomic mass is 32.2. The van der Waals surface area contributed by atoms with E-state index >= 15 is 0 Å². The molecule has 0 bridgehead atoms. The zero-order valence-corrected chi connectivity index (χ0v) is 7.19. The van der Waals surface area contributed by atoms with Gasteiger partial charge in [0.1, 0.15) is 0 Å². The number of hydrogen-bond donors (Lipinski definition) is 0. The number of hydrogen-bond acceptors (Lipinski definition) is 3. The summed E-state index contributed by atoms with van der Waals surface area (Å²) in [6.07, 6.45) is 3.86. The van der Waals surface area contributed by atoms with Crippen molar-refractivity contribution in [2.75, 3.05) is 11.5 Å². The van der Waals surface area contributed by atoms with Crippen LogP contribution in [0.1, 0.15) is 12.8 Å². The molecular formula is C8H11NOS. The lowest BCUT2D eigenvalue weighted by Crippen LogP contribution is -2.11. The van der Waals surface area contributed by atoms with E-state index in [9.17, 15) is 4.79 Å².